The lowest BCUT2D eigenvalue weighted by Crippen LogP contribution is -2.40. The minimum atomic E-state index is -1.14. The van der Waals surface area contributed by atoms with Crippen LogP contribution in [0.25, 0.3) is 0 Å². The molecule has 2 rings (SSSR count). The van der Waals surface area contributed by atoms with Crippen LogP contribution in [0.5, 0.6) is 0 Å². The summed E-state index contributed by atoms with van der Waals surface area (Å²) in [7, 11) is -1.14. The van der Waals surface area contributed by atoms with Gasteiger partial charge in [-0.25, -0.2) is 4.21 Å². The summed E-state index contributed by atoms with van der Waals surface area (Å²) in [6, 6.07) is 0. The predicted molar refractivity (Wildman–Crippen MR) is 68.3 cm³/mol. The molecule has 3 nitrogen and oxygen atoms in total. The minimum Gasteiger partial charge on any atom is -0.317 e. The van der Waals surface area contributed by atoms with Crippen molar-refractivity contribution < 1.29 is 4.21 Å². The van der Waals surface area contributed by atoms with Crippen molar-refractivity contribution in [2.24, 2.45) is 16.5 Å². The SMILES string of the molecule is CC(C[C@H]1CCCC12CCNCC2)S(N)=O. The Balaban J connectivity index is 1.99. The quantitative estimate of drug-likeness (QED) is 0.791. The summed E-state index contributed by atoms with van der Waals surface area (Å²) in [5.74, 6) is 0.761. The molecule has 1 saturated heterocycles. The lowest BCUT2D eigenvalue weighted by atomic mass is 9.69. The largest absolute Gasteiger partial charge is 0.317 e. The van der Waals surface area contributed by atoms with Gasteiger partial charge in [-0.15, -0.1) is 0 Å². The fourth-order valence-corrected chi connectivity index (χ4v) is 4.08. The van der Waals surface area contributed by atoms with Crippen molar-refractivity contribution in [3.05, 3.63) is 0 Å². The van der Waals surface area contributed by atoms with Crippen LogP contribution >= 0.6 is 0 Å². The smallest absolute Gasteiger partial charge is 0.0916 e. The summed E-state index contributed by atoms with van der Waals surface area (Å²) in [6.45, 7) is 4.36. The second kappa shape index (κ2) is 5.15. The maximum Gasteiger partial charge on any atom is 0.0916 e. The summed E-state index contributed by atoms with van der Waals surface area (Å²) in [4.78, 5) is 0. The Kier molecular flexibility index (Phi) is 4.03. The molecule has 0 aromatic heterocycles. The Hall–Kier alpha value is 0.0700. The number of hydrogen-bond donors (Lipinski definition) is 2. The van der Waals surface area contributed by atoms with Gasteiger partial charge in [0.05, 0.1) is 11.0 Å². The van der Waals surface area contributed by atoms with Crippen molar-refractivity contribution in [3.63, 3.8) is 0 Å². The maximum atomic E-state index is 11.3. The van der Waals surface area contributed by atoms with Crippen LogP contribution in [0.4, 0.5) is 0 Å². The first-order chi connectivity index (χ1) is 7.64. The molecule has 3 atom stereocenters. The highest BCUT2D eigenvalue weighted by Gasteiger charge is 2.43. The maximum absolute atomic E-state index is 11.3. The number of piperidine rings is 1. The Morgan fingerprint density at radius 2 is 2.12 bits per heavy atom. The monoisotopic (exact) mass is 244 g/mol. The molecule has 4 heteroatoms. The van der Waals surface area contributed by atoms with Gasteiger partial charge in [0.25, 0.3) is 0 Å². The standard InChI is InChI=1S/C12H24N2OS/c1-10(16(13)15)9-11-3-2-4-12(11)5-7-14-8-6-12/h10-11,14H,2-9,13H2,1H3/t10?,11-,16?/m1/s1. The Morgan fingerprint density at radius 3 is 2.75 bits per heavy atom. The highest BCUT2D eigenvalue weighted by atomic mass is 32.2. The van der Waals surface area contributed by atoms with E-state index in [0.717, 1.165) is 25.4 Å². The van der Waals surface area contributed by atoms with Crippen LogP contribution in [0.15, 0.2) is 0 Å². The average Bonchev–Trinajstić information content (AvgIpc) is 2.62. The van der Waals surface area contributed by atoms with Crippen LogP contribution in [-0.2, 0) is 11.0 Å². The predicted octanol–water partition coefficient (Wildman–Crippen LogP) is 1.56. The summed E-state index contributed by atoms with van der Waals surface area (Å²) in [6.07, 6.45) is 7.73. The van der Waals surface area contributed by atoms with Gasteiger partial charge >= 0.3 is 0 Å². The van der Waals surface area contributed by atoms with E-state index in [4.69, 9.17) is 5.14 Å². The van der Waals surface area contributed by atoms with E-state index in [9.17, 15) is 4.21 Å². The zero-order valence-electron chi connectivity index (χ0n) is 10.2. The number of hydrogen-bond acceptors (Lipinski definition) is 2. The van der Waals surface area contributed by atoms with Gasteiger partial charge in [-0.2, -0.15) is 0 Å². The van der Waals surface area contributed by atoms with Crippen molar-refractivity contribution in [1.82, 2.24) is 5.32 Å². The Labute approximate surface area is 101 Å². The second-order valence-corrected chi connectivity index (χ2v) is 7.04. The van der Waals surface area contributed by atoms with Crippen LogP contribution in [-0.4, -0.2) is 22.5 Å². The highest BCUT2D eigenvalue weighted by molar-refractivity contribution is 7.83. The van der Waals surface area contributed by atoms with Gasteiger partial charge in [0.2, 0.25) is 0 Å². The normalized spacial score (nSPS) is 32.8. The number of nitrogens with two attached hydrogens (primary N) is 1. The molecular weight excluding hydrogens is 220 g/mol. The van der Waals surface area contributed by atoms with Crippen molar-refractivity contribution in [1.29, 1.82) is 0 Å². The summed E-state index contributed by atoms with van der Waals surface area (Å²) < 4.78 is 11.3. The van der Waals surface area contributed by atoms with E-state index in [1.54, 1.807) is 0 Å². The molecule has 1 spiro atoms. The molecule has 2 aliphatic rings. The van der Waals surface area contributed by atoms with E-state index in [0.29, 0.717) is 5.41 Å². The van der Waals surface area contributed by atoms with Crippen molar-refractivity contribution in [2.45, 2.75) is 50.7 Å². The first kappa shape index (κ1) is 12.5. The molecule has 0 bridgehead atoms. The summed E-state index contributed by atoms with van der Waals surface area (Å²) in [5, 5.41) is 9.10. The molecule has 1 saturated carbocycles. The lowest BCUT2D eigenvalue weighted by molar-refractivity contribution is 0.131. The minimum absolute atomic E-state index is 0.162. The van der Waals surface area contributed by atoms with Crippen LogP contribution in [0.2, 0.25) is 0 Å². The average molecular weight is 244 g/mol. The molecule has 94 valence electrons. The zero-order chi connectivity index (χ0) is 11.6. The van der Waals surface area contributed by atoms with E-state index in [-0.39, 0.29) is 5.25 Å². The molecule has 1 heterocycles. The Bertz CT molecular complexity index is 264. The summed E-state index contributed by atoms with van der Waals surface area (Å²) >= 11 is 0. The van der Waals surface area contributed by atoms with Crippen molar-refractivity contribution in [2.75, 3.05) is 13.1 Å². The van der Waals surface area contributed by atoms with Gasteiger partial charge in [0, 0.05) is 5.25 Å². The van der Waals surface area contributed by atoms with Gasteiger partial charge in [0.1, 0.15) is 0 Å². The fourth-order valence-electron chi connectivity index (χ4n) is 3.66. The van der Waals surface area contributed by atoms with Crippen LogP contribution in [0.3, 0.4) is 0 Å². The van der Waals surface area contributed by atoms with Gasteiger partial charge in [-0.05, 0) is 63.5 Å². The van der Waals surface area contributed by atoms with E-state index >= 15 is 0 Å². The van der Waals surface area contributed by atoms with Gasteiger partial charge in [-0.3, -0.25) is 5.14 Å². The van der Waals surface area contributed by atoms with E-state index in [1.165, 1.54) is 32.1 Å². The molecule has 2 fully saturated rings. The van der Waals surface area contributed by atoms with Gasteiger partial charge in [-0.1, -0.05) is 6.42 Å². The van der Waals surface area contributed by atoms with Crippen LogP contribution < -0.4 is 10.5 Å². The molecule has 1 aliphatic carbocycles. The third-order valence-electron chi connectivity index (χ3n) is 4.71. The molecular formula is C12H24N2OS. The third kappa shape index (κ3) is 2.49. The molecule has 1 aliphatic heterocycles. The topological polar surface area (TPSA) is 55.1 Å². The lowest BCUT2D eigenvalue weighted by Gasteiger charge is -2.40. The van der Waals surface area contributed by atoms with E-state index in [1.807, 2.05) is 6.92 Å². The van der Waals surface area contributed by atoms with Crippen molar-refractivity contribution >= 4 is 11.0 Å². The summed E-state index contributed by atoms with van der Waals surface area (Å²) in [5.41, 5.74) is 0.554. The van der Waals surface area contributed by atoms with Gasteiger partial charge < -0.3 is 5.32 Å². The molecule has 16 heavy (non-hydrogen) atoms. The van der Waals surface area contributed by atoms with Crippen LogP contribution in [0.1, 0.15) is 45.4 Å². The zero-order valence-corrected chi connectivity index (χ0v) is 11.0. The second-order valence-electron chi connectivity index (χ2n) is 5.58. The van der Waals surface area contributed by atoms with Crippen molar-refractivity contribution in [3.8, 4) is 0 Å². The first-order valence-electron chi connectivity index (χ1n) is 6.50. The Morgan fingerprint density at radius 1 is 1.44 bits per heavy atom. The molecule has 0 aromatic carbocycles. The highest BCUT2D eigenvalue weighted by Crippen LogP contribution is 2.51. The number of rotatable bonds is 3. The fraction of sp³-hybridized carbons (Fsp3) is 1.00. The number of nitrogens with one attached hydrogen (secondary N) is 1. The molecule has 2 unspecified atom stereocenters. The van der Waals surface area contributed by atoms with E-state index < -0.39 is 11.0 Å². The molecule has 3 N–H and O–H groups in total. The molecule has 0 aromatic rings. The van der Waals surface area contributed by atoms with Gasteiger partial charge in [0.15, 0.2) is 0 Å². The third-order valence-corrected chi connectivity index (χ3v) is 5.69. The first-order valence-corrected chi connectivity index (χ1v) is 7.77. The molecule has 0 amide bonds. The van der Waals surface area contributed by atoms with Crippen LogP contribution in [0, 0.1) is 11.3 Å². The molecule has 0 radical (unpaired) electrons. The van der Waals surface area contributed by atoms with E-state index in [2.05, 4.69) is 5.32 Å².